The van der Waals surface area contributed by atoms with Gasteiger partial charge in [-0.05, 0) is 11.4 Å². The molecule has 0 atom stereocenters. The number of carbonyl (C=O) groups is 3. The third kappa shape index (κ3) is 5.15. The maximum absolute atomic E-state index is 11.8. The topological polar surface area (TPSA) is 100 Å². The predicted octanol–water partition coefficient (Wildman–Crippen LogP) is 1.80. The highest BCUT2D eigenvalue weighted by molar-refractivity contribution is 7.14. The first-order valence-electron chi connectivity index (χ1n) is 6.83. The normalized spacial score (nSPS) is 10.4. The Morgan fingerprint density at radius 3 is 2.65 bits per heavy atom. The predicted molar refractivity (Wildman–Crippen MR) is 89.2 cm³/mol. The van der Waals surface area contributed by atoms with Gasteiger partial charge in [-0.15, -0.1) is 22.7 Å². The van der Waals surface area contributed by atoms with Crippen LogP contribution in [0.1, 0.15) is 29.2 Å². The van der Waals surface area contributed by atoms with Crippen LogP contribution in [0.5, 0.6) is 0 Å². The zero-order chi connectivity index (χ0) is 16.8. The number of nitrogens with one attached hydrogen (secondary N) is 3. The summed E-state index contributed by atoms with van der Waals surface area (Å²) in [6, 6.07) is 3.42. The molecule has 0 fully saturated rings. The lowest BCUT2D eigenvalue weighted by atomic mass is 10.2. The van der Waals surface area contributed by atoms with Gasteiger partial charge in [0.15, 0.2) is 5.13 Å². The van der Waals surface area contributed by atoms with Crippen LogP contribution in [0.25, 0.3) is 0 Å². The van der Waals surface area contributed by atoms with Gasteiger partial charge in [-0.3, -0.25) is 25.2 Å². The number of aromatic nitrogens is 1. The molecule has 0 radical (unpaired) electrons. The zero-order valence-corrected chi connectivity index (χ0v) is 14.2. The summed E-state index contributed by atoms with van der Waals surface area (Å²) in [6.07, 6.45) is 0.0127. The van der Waals surface area contributed by atoms with Crippen molar-refractivity contribution >= 4 is 45.5 Å². The molecule has 0 saturated heterocycles. The molecule has 3 amide bonds. The van der Waals surface area contributed by atoms with E-state index >= 15 is 0 Å². The summed E-state index contributed by atoms with van der Waals surface area (Å²) in [5.74, 6) is -1.02. The van der Waals surface area contributed by atoms with E-state index < -0.39 is 0 Å². The highest BCUT2D eigenvalue weighted by atomic mass is 32.1. The SMILES string of the molecule is CC(C)C(=O)Nc1nc(CC(=O)NNC(=O)c2cccs2)cs1. The Morgan fingerprint density at radius 2 is 2.00 bits per heavy atom. The molecule has 2 rings (SSSR count). The van der Waals surface area contributed by atoms with Crippen molar-refractivity contribution in [3.8, 4) is 0 Å². The fraction of sp³-hybridized carbons (Fsp3) is 0.286. The van der Waals surface area contributed by atoms with Gasteiger partial charge in [0.05, 0.1) is 17.0 Å². The Balaban J connectivity index is 1.80. The van der Waals surface area contributed by atoms with Crippen molar-refractivity contribution in [2.45, 2.75) is 20.3 Å². The summed E-state index contributed by atoms with van der Waals surface area (Å²) < 4.78 is 0. The van der Waals surface area contributed by atoms with Gasteiger partial charge < -0.3 is 5.32 Å². The molecule has 0 bridgehead atoms. The van der Waals surface area contributed by atoms with Crippen LogP contribution in [-0.4, -0.2) is 22.7 Å². The van der Waals surface area contributed by atoms with Crippen molar-refractivity contribution in [2.75, 3.05) is 5.32 Å². The van der Waals surface area contributed by atoms with E-state index in [4.69, 9.17) is 0 Å². The number of amides is 3. The zero-order valence-electron chi connectivity index (χ0n) is 12.6. The molecule has 23 heavy (non-hydrogen) atoms. The van der Waals surface area contributed by atoms with Crippen LogP contribution in [0.15, 0.2) is 22.9 Å². The van der Waals surface area contributed by atoms with Gasteiger partial charge in [-0.2, -0.15) is 0 Å². The smallest absolute Gasteiger partial charge is 0.279 e. The van der Waals surface area contributed by atoms with Gasteiger partial charge in [0, 0.05) is 11.3 Å². The minimum atomic E-state index is -0.387. The lowest BCUT2D eigenvalue weighted by Crippen LogP contribution is -2.42. The number of hydrogen-bond donors (Lipinski definition) is 3. The van der Waals surface area contributed by atoms with Crippen LogP contribution < -0.4 is 16.2 Å². The van der Waals surface area contributed by atoms with Crippen molar-refractivity contribution in [3.63, 3.8) is 0 Å². The molecule has 0 aliphatic rings. The third-order valence-corrected chi connectivity index (χ3v) is 4.38. The van der Waals surface area contributed by atoms with Crippen molar-refractivity contribution in [1.29, 1.82) is 0 Å². The molecule has 2 heterocycles. The Kier molecular flexibility index (Phi) is 5.83. The quantitative estimate of drug-likeness (QED) is 0.714. The van der Waals surface area contributed by atoms with Crippen molar-refractivity contribution in [1.82, 2.24) is 15.8 Å². The minimum absolute atomic E-state index is 0.0127. The lowest BCUT2D eigenvalue weighted by Gasteiger charge is -2.05. The fourth-order valence-corrected chi connectivity index (χ4v) is 2.83. The van der Waals surface area contributed by atoms with Crippen LogP contribution in [0.4, 0.5) is 5.13 Å². The van der Waals surface area contributed by atoms with Crippen LogP contribution in [0, 0.1) is 5.92 Å². The molecule has 2 aromatic rings. The molecule has 122 valence electrons. The second-order valence-corrected chi connectivity index (χ2v) is 6.75. The van der Waals surface area contributed by atoms with Crippen LogP contribution in [0.3, 0.4) is 0 Å². The summed E-state index contributed by atoms with van der Waals surface area (Å²) in [4.78, 5) is 39.7. The average Bonchev–Trinajstić information content (AvgIpc) is 3.16. The van der Waals surface area contributed by atoms with Crippen molar-refractivity contribution in [2.24, 2.45) is 5.92 Å². The number of hydrazine groups is 1. The highest BCUT2D eigenvalue weighted by Crippen LogP contribution is 2.16. The second-order valence-electron chi connectivity index (χ2n) is 4.94. The average molecular weight is 352 g/mol. The summed E-state index contributed by atoms with van der Waals surface area (Å²) in [5, 5.41) is 6.59. The molecule has 0 saturated carbocycles. The number of hydrogen-bond acceptors (Lipinski definition) is 6. The van der Waals surface area contributed by atoms with Gasteiger partial charge in [0.25, 0.3) is 5.91 Å². The fourth-order valence-electron chi connectivity index (χ4n) is 1.50. The summed E-state index contributed by atoms with van der Waals surface area (Å²) in [6.45, 7) is 3.57. The van der Waals surface area contributed by atoms with Crippen molar-refractivity contribution < 1.29 is 14.4 Å². The molecule has 9 heteroatoms. The van der Waals surface area contributed by atoms with Crippen LogP contribution in [0.2, 0.25) is 0 Å². The van der Waals surface area contributed by atoms with Gasteiger partial charge in [0.2, 0.25) is 11.8 Å². The first-order chi connectivity index (χ1) is 11.0. The molecule has 2 aromatic heterocycles. The van der Waals surface area contributed by atoms with Crippen LogP contribution >= 0.6 is 22.7 Å². The van der Waals surface area contributed by atoms with Gasteiger partial charge in [-0.25, -0.2) is 4.98 Å². The molecular weight excluding hydrogens is 336 g/mol. The number of anilines is 1. The largest absolute Gasteiger partial charge is 0.302 e. The minimum Gasteiger partial charge on any atom is -0.302 e. The van der Waals surface area contributed by atoms with E-state index in [0.717, 1.165) is 0 Å². The Morgan fingerprint density at radius 1 is 1.22 bits per heavy atom. The monoisotopic (exact) mass is 352 g/mol. The van der Waals surface area contributed by atoms with E-state index in [1.165, 1.54) is 22.7 Å². The molecule has 3 N–H and O–H groups in total. The van der Waals surface area contributed by atoms with E-state index in [2.05, 4.69) is 21.2 Å². The number of nitrogens with zero attached hydrogens (tertiary/aromatic N) is 1. The maximum atomic E-state index is 11.8. The van der Waals surface area contributed by atoms with E-state index in [1.807, 2.05) is 0 Å². The van der Waals surface area contributed by atoms with E-state index in [9.17, 15) is 14.4 Å². The first kappa shape index (κ1) is 17.1. The molecule has 0 aliphatic carbocycles. The van der Waals surface area contributed by atoms with E-state index in [0.29, 0.717) is 15.7 Å². The second kappa shape index (κ2) is 7.84. The van der Waals surface area contributed by atoms with E-state index in [1.54, 1.807) is 36.7 Å². The van der Waals surface area contributed by atoms with Gasteiger partial charge in [0.1, 0.15) is 0 Å². The summed E-state index contributed by atoms with van der Waals surface area (Å²) in [5.41, 5.74) is 5.19. The first-order valence-corrected chi connectivity index (χ1v) is 8.59. The Hall–Kier alpha value is -2.26. The lowest BCUT2D eigenvalue weighted by molar-refractivity contribution is -0.121. The van der Waals surface area contributed by atoms with Gasteiger partial charge in [-0.1, -0.05) is 19.9 Å². The van der Waals surface area contributed by atoms with E-state index in [-0.39, 0.29) is 30.1 Å². The van der Waals surface area contributed by atoms with Crippen molar-refractivity contribution in [3.05, 3.63) is 33.5 Å². The van der Waals surface area contributed by atoms with Gasteiger partial charge >= 0.3 is 0 Å². The number of thiazole rings is 1. The molecular formula is C14H16N4O3S2. The number of carbonyl (C=O) groups excluding carboxylic acids is 3. The standard InChI is InChI=1S/C14H16N4O3S2/c1-8(2)12(20)16-14-15-9(7-23-14)6-11(19)17-18-13(21)10-4-3-5-22-10/h3-5,7-8H,6H2,1-2H3,(H,17,19)(H,18,21)(H,15,16,20). The number of thiophene rings is 1. The Labute approximate surface area is 141 Å². The third-order valence-electron chi connectivity index (χ3n) is 2.71. The molecule has 0 unspecified atom stereocenters. The number of rotatable bonds is 5. The van der Waals surface area contributed by atoms with Crippen LogP contribution in [-0.2, 0) is 16.0 Å². The maximum Gasteiger partial charge on any atom is 0.279 e. The highest BCUT2D eigenvalue weighted by Gasteiger charge is 2.13. The molecule has 0 aromatic carbocycles. The molecule has 0 aliphatic heterocycles. The summed E-state index contributed by atoms with van der Waals surface area (Å²) in [7, 11) is 0. The summed E-state index contributed by atoms with van der Waals surface area (Å²) >= 11 is 2.53. The molecule has 0 spiro atoms. The molecule has 7 nitrogen and oxygen atoms in total. The Bertz CT molecular complexity index is 695.